The van der Waals surface area contributed by atoms with Gasteiger partial charge in [0.15, 0.2) is 0 Å². The lowest BCUT2D eigenvalue weighted by Gasteiger charge is -2.27. The number of nitrogens with zero attached hydrogens (tertiary/aromatic N) is 2. The van der Waals surface area contributed by atoms with Crippen LogP contribution in [0.3, 0.4) is 0 Å². The van der Waals surface area contributed by atoms with Gasteiger partial charge in [-0.15, -0.1) is 0 Å². The Hall–Kier alpha value is -1.10. The maximum absolute atomic E-state index is 11.7. The second-order valence-corrected chi connectivity index (χ2v) is 5.04. The normalized spacial score (nSPS) is 19.2. The van der Waals surface area contributed by atoms with E-state index in [0.29, 0.717) is 12.5 Å². The van der Waals surface area contributed by atoms with E-state index in [4.69, 9.17) is 5.21 Å². The summed E-state index contributed by atoms with van der Waals surface area (Å²) in [5, 5.41) is 14.8. The van der Waals surface area contributed by atoms with Crippen LogP contribution in [0.25, 0.3) is 0 Å². The van der Waals surface area contributed by atoms with Gasteiger partial charge in [-0.05, 0) is 12.8 Å². The SMILES string of the molecule is CC(C)C(C)NC(=O)CN1CCC(=NO)CC1. The predicted octanol–water partition coefficient (Wildman–Crippen LogP) is 1.07. The van der Waals surface area contributed by atoms with Crippen LogP contribution >= 0.6 is 0 Å². The number of carbonyl (C=O) groups is 1. The van der Waals surface area contributed by atoms with E-state index in [-0.39, 0.29) is 11.9 Å². The highest BCUT2D eigenvalue weighted by atomic mass is 16.4. The van der Waals surface area contributed by atoms with E-state index in [9.17, 15) is 4.79 Å². The van der Waals surface area contributed by atoms with Gasteiger partial charge in [-0.1, -0.05) is 19.0 Å². The molecule has 17 heavy (non-hydrogen) atoms. The van der Waals surface area contributed by atoms with Gasteiger partial charge in [-0.2, -0.15) is 0 Å². The van der Waals surface area contributed by atoms with Gasteiger partial charge in [-0.25, -0.2) is 0 Å². The molecule has 5 nitrogen and oxygen atoms in total. The predicted molar refractivity (Wildman–Crippen MR) is 67.3 cm³/mol. The Morgan fingerprint density at radius 1 is 1.41 bits per heavy atom. The van der Waals surface area contributed by atoms with Crippen LogP contribution in [0.15, 0.2) is 5.16 Å². The molecule has 0 bridgehead atoms. The van der Waals surface area contributed by atoms with Crippen LogP contribution in [0.4, 0.5) is 0 Å². The average molecular weight is 241 g/mol. The Balaban J connectivity index is 2.28. The number of likely N-dealkylation sites (tertiary alicyclic amines) is 1. The number of nitrogens with one attached hydrogen (secondary N) is 1. The van der Waals surface area contributed by atoms with Gasteiger partial charge in [-0.3, -0.25) is 9.69 Å². The summed E-state index contributed by atoms with van der Waals surface area (Å²) < 4.78 is 0. The van der Waals surface area contributed by atoms with Crippen LogP contribution in [0.1, 0.15) is 33.6 Å². The Morgan fingerprint density at radius 3 is 2.47 bits per heavy atom. The monoisotopic (exact) mass is 241 g/mol. The smallest absolute Gasteiger partial charge is 0.234 e. The number of rotatable bonds is 4. The van der Waals surface area contributed by atoms with Crippen molar-refractivity contribution in [3.05, 3.63) is 0 Å². The summed E-state index contributed by atoms with van der Waals surface area (Å²) >= 11 is 0. The minimum Gasteiger partial charge on any atom is -0.411 e. The summed E-state index contributed by atoms with van der Waals surface area (Å²) in [6, 6.07) is 0.210. The Morgan fingerprint density at radius 2 is 2.00 bits per heavy atom. The quantitative estimate of drug-likeness (QED) is 0.571. The number of amides is 1. The summed E-state index contributed by atoms with van der Waals surface area (Å²) in [6.07, 6.45) is 1.51. The lowest BCUT2D eigenvalue weighted by atomic mass is 10.1. The molecular formula is C12H23N3O2. The van der Waals surface area contributed by atoms with Crippen molar-refractivity contribution in [2.45, 2.75) is 39.7 Å². The summed E-state index contributed by atoms with van der Waals surface area (Å²) in [5.41, 5.74) is 0.831. The third kappa shape index (κ3) is 4.73. The first-order valence-electron chi connectivity index (χ1n) is 6.24. The molecule has 0 radical (unpaired) electrons. The van der Waals surface area contributed by atoms with Crippen LogP contribution in [0.5, 0.6) is 0 Å². The van der Waals surface area contributed by atoms with Crippen molar-refractivity contribution < 1.29 is 10.0 Å². The molecule has 0 aromatic heterocycles. The molecule has 0 spiro atoms. The Kier molecular flexibility index (Phi) is 5.41. The summed E-state index contributed by atoms with van der Waals surface area (Å²) in [7, 11) is 0. The van der Waals surface area contributed by atoms with E-state index in [1.165, 1.54) is 0 Å². The summed E-state index contributed by atoms with van der Waals surface area (Å²) in [5.74, 6) is 0.531. The van der Waals surface area contributed by atoms with Crippen molar-refractivity contribution in [3.63, 3.8) is 0 Å². The van der Waals surface area contributed by atoms with Crippen molar-refractivity contribution in [2.24, 2.45) is 11.1 Å². The van der Waals surface area contributed by atoms with Crippen LogP contribution in [0.2, 0.25) is 0 Å². The first-order chi connectivity index (χ1) is 8.02. The number of piperidine rings is 1. The molecular weight excluding hydrogens is 218 g/mol. The summed E-state index contributed by atoms with van der Waals surface area (Å²) in [6.45, 7) is 8.24. The minimum absolute atomic E-state index is 0.0792. The molecule has 1 aliphatic heterocycles. The molecule has 98 valence electrons. The zero-order chi connectivity index (χ0) is 12.8. The lowest BCUT2D eigenvalue weighted by Crippen LogP contribution is -2.45. The Bertz CT molecular complexity index is 279. The van der Waals surface area contributed by atoms with Crippen molar-refractivity contribution in [1.82, 2.24) is 10.2 Å². The van der Waals surface area contributed by atoms with E-state index >= 15 is 0 Å². The molecule has 0 aromatic rings. The molecule has 5 heteroatoms. The number of hydrogen-bond donors (Lipinski definition) is 2. The molecule has 1 atom stereocenters. The topological polar surface area (TPSA) is 64.9 Å². The third-order valence-electron chi connectivity index (χ3n) is 3.33. The molecule has 0 saturated carbocycles. The van der Waals surface area contributed by atoms with Crippen molar-refractivity contribution in [2.75, 3.05) is 19.6 Å². The first kappa shape index (κ1) is 14.0. The molecule has 1 unspecified atom stereocenters. The average Bonchev–Trinajstić information content (AvgIpc) is 2.29. The van der Waals surface area contributed by atoms with E-state index in [1.54, 1.807) is 0 Å². The highest BCUT2D eigenvalue weighted by molar-refractivity contribution is 5.85. The van der Waals surface area contributed by atoms with Crippen molar-refractivity contribution in [1.29, 1.82) is 0 Å². The van der Waals surface area contributed by atoms with Crippen LogP contribution in [-0.4, -0.2) is 47.4 Å². The van der Waals surface area contributed by atoms with Gasteiger partial charge in [0.2, 0.25) is 5.91 Å². The van der Waals surface area contributed by atoms with Gasteiger partial charge in [0.25, 0.3) is 0 Å². The molecule has 1 rings (SSSR count). The van der Waals surface area contributed by atoms with E-state index in [1.807, 2.05) is 6.92 Å². The standard InChI is InChI=1S/C12H23N3O2/c1-9(2)10(3)13-12(16)8-15-6-4-11(14-17)5-7-15/h9-10,17H,4-8H2,1-3H3,(H,13,16). The van der Waals surface area contributed by atoms with E-state index in [2.05, 4.69) is 29.2 Å². The molecule has 1 heterocycles. The second kappa shape index (κ2) is 6.59. The summed E-state index contributed by atoms with van der Waals surface area (Å²) in [4.78, 5) is 13.8. The van der Waals surface area contributed by atoms with Gasteiger partial charge in [0, 0.05) is 32.0 Å². The minimum atomic E-state index is 0.0792. The zero-order valence-electron chi connectivity index (χ0n) is 10.9. The fraction of sp³-hybridized carbons (Fsp3) is 0.833. The molecule has 1 saturated heterocycles. The molecule has 0 aliphatic carbocycles. The van der Waals surface area contributed by atoms with E-state index in [0.717, 1.165) is 31.6 Å². The largest absolute Gasteiger partial charge is 0.411 e. The van der Waals surface area contributed by atoms with Gasteiger partial charge >= 0.3 is 0 Å². The van der Waals surface area contributed by atoms with E-state index < -0.39 is 0 Å². The van der Waals surface area contributed by atoms with Gasteiger partial charge < -0.3 is 10.5 Å². The molecule has 1 fully saturated rings. The number of hydrogen-bond acceptors (Lipinski definition) is 4. The number of carbonyl (C=O) groups excluding carboxylic acids is 1. The fourth-order valence-corrected chi connectivity index (χ4v) is 1.74. The maximum atomic E-state index is 11.7. The van der Waals surface area contributed by atoms with Crippen LogP contribution in [0, 0.1) is 5.92 Å². The van der Waals surface area contributed by atoms with Gasteiger partial charge in [0.1, 0.15) is 0 Å². The third-order valence-corrected chi connectivity index (χ3v) is 3.33. The van der Waals surface area contributed by atoms with Crippen molar-refractivity contribution >= 4 is 11.6 Å². The Labute approximate surface area is 103 Å². The van der Waals surface area contributed by atoms with Crippen molar-refractivity contribution in [3.8, 4) is 0 Å². The fourth-order valence-electron chi connectivity index (χ4n) is 1.74. The molecule has 2 N–H and O–H groups in total. The first-order valence-corrected chi connectivity index (χ1v) is 6.24. The molecule has 0 aromatic carbocycles. The molecule has 1 amide bonds. The number of oxime groups is 1. The highest BCUT2D eigenvalue weighted by Gasteiger charge is 2.19. The lowest BCUT2D eigenvalue weighted by molar-refractivity contribution is -0.123. The van der Waals surface area contributed by atoms with Crippen LogP contribution < -0.4 is 5.32 Å². The second-order valence-electron chi connectivity index (χ2n) is 5.04. The maximum Gasteiger partial charge on any atom is 0.234 e. The van der Waals surface area contributed by atoms with Gasteiger partial charge in [0.05, 0.1) is 12.3 Å². The highest BCUT2D eigenvalue weighted by Crippen LogP contribution is 2.07. The molecule has 1 aliphatic rings. The zero-order valence-corrected chi connectivity index (χ0v) is 10.9. The van der Waals surface area contributed by atoms with Crippen LogP contribution in [-0.2, 0) is 4.79 Å².